The molecule has 0 unspecified atom stereocenters. The van der Waals surface area contributed by atoms with Crippen LogP contribution in [0.25, 0.3) is 6.08 Å². The van der Waals surface area contributed by atoms with Gasteiger partial charge in [-0.3, -0.25) is 0 Å². The van der Waals surface area contributed by atoms with Gasteiger partial charge in [-0.15, -0.1) is 0 Å². The van der Waals surface area contributed by atoms with Crippen molar-refractivity contribution in [2.75, 3.05) is 7.11 Å². The van der Waals surface area contributed by atoms with E-state index in [1.165, 1.54) is 25.3 Å². The molecule has 0 aliphatic heterocycles. The van der Waals surface area contributed by atoms with Crippen LogP contribution in [0.4, 0.5) is 4.39 Å². The van der Waals surface area contributed by atoms with Crippen molar-refractivity contribution in [3.05, 3.63) is 40.7 Å². The monoisotopic (exact) mass is 214 g/mol. The maximum atomic E-state index is 13.1. The van der Waals surface area contributed by atoms with E-state index in [4.69, 9.17) is 11.6 Å². The molecule has 0 aromatic heterocycles. The van der Waals surface area contributed by atoms with E-state index in [2.05, 4.69) is 4.74 Å². The van der Waals surface area contributed by atoms with E-state index in [1.807, 2.05) is 0 Å². The highest BCUT2D eigenvalue weighted by Crippen LogP contribution is 2.20. The number of hydrogen-bond donors (Lipinski definition) is 0. The van der Waals surface area contributed by atoms with Gasteiger partial charge in [-0.05, 0) is 18.2 Å². The van der Waals surface area contributed by atoms with E-state index < -0.39 is 11.8 Å². The molecule has 0 aliphatic rings. The van der Waals surface area contributed by atoms with Crippen LogP contribution in [0, 0.1) is 5.82 Å². The van der Waals surface area contributed by atoms with Gasteiger partial charge in [0.05, 0.1) is 12.1 Å². The van der Waals surface area contributed by atoms with Crippen molar-refractivity contribution in [2.45, 2.75) is 0 Å². The Hall–Kier alpha value is -1.35. The van der Waals surface area contributed by atoms with Crippen molar-refractivity contribution in [3.63, 3.8) is 0 Å². The zero-order valence-electron chi connectivity index (χ0n) is 7.46. The molecule has 0 heterocycles. The summed E-state index contributed by atoms with van der Waals surface area (Å²) in [6, 6.07) is 4.30. The zero-order chi connectivity index (χ0) is 10.6. The Morgan fingerprint density at radius 1 is 1.57 bits per heavy atom. The molecule has 0 radical (unpaired) electrons. The minimum Gasteiger partial charge on any atom is -0.466 e. The van der Waals surface area contributed by atoms with E-state index in [9.17, 15) is 9.18 Å². The summed E-state index contributed by atoms with van der Waals surface area (Å²) in [5.41, 5.74) is 0.180. The van der Waals surface area contributed by atoms with Crippen molar-refractivity contribution in [2.24, 2.45) is 0 Å². The SMILES string of the molecule is COC(=O)/C=C/c1c(F)cccc1Cl. The van der Waals surface area contributed by atoms with Crippen molar-refractivity contribution < 1.29 is 13.9 Å². The molecule has 0 amide bonds. The number of carbonyl (C=O) groups excluding carboxylic acids is 1. The summed E-state index contributed by atoms with van der Waals surface area (Å²) in [5.74, 6) is -1.03. The third kappa shape index (κ3) is 2.57. The molecule has 0 aliphatic carbocycles. The van der Waals surface area contributed by atoms with Crippen LogP contribution in [-0.2, 0) is 9.53 Å². The van der Waals surface area contributed by atoms with Gasteiger partial charge in [-0.2, -0.15) is 0 Å². The molecule has 0 fully saturated rings. The van der Waals surface area contributed by atoms with Gasteiger partial charge in [0, 0.05) is 11.6 Å². The molecule has 74 valence electrons. The summed E-state index contributed by atoms with van der Waals surface area (Å²) in [5, 5.41) is 0.255. The average Bonchev–Trinajstić information content (AvgIpc) is 2.16. The van der Waals surface area contributed by atoms with E-state index in [0.717, 1.165) is 6.08 Å². The Bertz CT molecular complexity index is 354. The summed E-state index contributed by atoms with van der Waals surface area (Å²) in [7, 11) is 1.25. The second-order valence-electron chi connectivity index (χ2n) is 2.49. The van der Waals surface area contributed by atoms with E-state index >= 15 is 0 Å². The van der Waals surface area contributed by atoms with Crippen molar-refractivity contribution in [1.82, 2.24) is 0 Å². The van der Waals surface area contributed by atoms with Crippen LogP contribution in [0.5, 0.6) is 0 Å². The Morgan fingerprint density at radius 3 is 2.86 bits per heavy atom. The molecular formula is C10H8ClFO2. The highest BCUT2D eigenvalue weighted by Gasteiger charge is 2.03. The molecule has 0 atom stereocenters. The Balaban J connectivity index is 2.96. The quantitative estimate of drug-likeness (QED) is 0.559. The minimum atomic E-state index is -0.552. The molecule has 0 spiro atoms. The molecule has 14 heavy (non-hydrogen) atoms. The van der Waals surface area contributed by atoms with E-state index in [0.29, 0.717) is 0 Å². The fourth-order valence-corrected chi connectivity index (χ4v) is 1.12. The van der Waals surface area contributed by atoms with E-state index in [1.54, 1.807) is 6.07 Å². The summed E-state index contributed by atoms with van der Waals surface area (Å²) in [4.78, 5) is 10.7. The molecule has 4 heteroatoms. The number of methoxy groups -OCH3 is 1. The topological polar surface area (TPSA) is 26.3 Å². The Labute approximate surface area is 85.9 Å². The molecule has 0 N–H and O–H groups in total. The van der Waals surface area contributed by atoms with Crippen molar-refractivity contribution in [1.29, 1.82) is 0 Å². The molecule has 1 aromatic rings. The molecule has 2 nitrogen and oxygen atoms in total. The predicted octanol–water partition coefficient (Wildman–Crippen LogP) is 2.67. The molecule has 0 bridgehead atoms. The Kier molecular flexibility index (Phi) is 3.65. The van der Waals surface area contributed by atoms with Crippen LogP contribution >= 0.6 is 11.6 Å². The van der Waals surface area contributed by atoms with Crippen molar-refractivity contribution in [3.8, 4) is 0 Å². The number of halogens is 2. The first kappa shape index (κ1) is 10.7. The predicted molar refractivity (Wildman–Crippen MR) is 52.5 cm³/mol. The lowest BCUT2D eigenvalue weighted by atomic mass is 10.2. The number of hydrogen-bond acceptors (Lipinski definition) is 2. The summed E-state index contributed by atoms with van der Waals surface area (Å²) in [6.07, 6.45) is 2.40. The van der Waals surface area contributed by atoms with Crippen LogP contribution in [-0.4, -0.2) is 13.1 Å². The molecule has 0 saturated heterocycles. The lowest BCUT2D eigenvalue weighted by Crippen LogP contribution is -1.94. The maximum Gasteiger partial charge on any atom is 0.330 e. The lowest BCUT2D eigenvalue weighted by Gasteiger charge is -1.98. The van der Waals surface area contributed by atoms with Gasteiger partial charge in [-0.25, -0.2) is 9.18 Å². The van der Waals surface area contributed by atoms with Crippen LogP contribution in [0.15, 0.2) is 24.3 Å². The fourth-order valence-electron chi connectivity index (χ4n) is 0.889. The fraction of sp³-hybridized carbons (Fsp3) is 0.100. The van der Waals surface area contributed by atoms with Gasteiger partial charge < -0.3 is 4.74 Å². The smallest absolute Gasteiger partial charge is 0.330 e. The standard InChI is InChI=1S/C10H8ClFO2/c1-14-10(13)6-5-7-8(11)3-2-4-9(7)12/h2-6H,1H3/b6-5+. The number of esters is 1. The van der Waals surface area contributed by atoms with E-state index in [-0.39, 0.29) is 10.6 Å². The number of ether oxygens (including phenoxy) is 1. The summed E-state index contributed by atoms with van der Waals surface area (Å²) < 4.78 is 17.5. The van der Waals surface area contributed by atoms with Gasteiger partial charge in [0.15, 0.2) is 0 Å². The van der Waals surface area contributed by atoms with Crippen molar-refractivity contribution >= 4 is 23.6 Å². The number of benzene rings is 1. The number of rotatable bonds is 2. The lowest BCUT2D eigenvalue weighted by molar-refractivity contribution is -0.134. The summed E-state index contributed by atoms with van der Waals surface area (Å²) >= 11 is 5.71. The highest BCUT2D eigenvalue weighted by atomic mass is 35.5. The van der Waals surface area contributed by atoms with Crippen LogP contribution in [0.1, 0.15) is 5.56 Å². The second-order valence-corrected chi connectivity index (χ2v) is 2.90. The molecule has 0 saturated carbocycles. The van der Waals surface area contributed by atoms with Gasteiger partial charge in [0.25, 0.3) is 0 Å². The zero-order valence-corrected chi connectivity index (χ0v) is 8.22. The maximum absolute atomic E-state index is 13.1. The van der Waals surface area contributed by atoms with Crippen LogP contribution < -0.4 is 0 Å². The van der Waals surface area contributed by atoms with Crippen LogP contribution in [0.3, 0.4) is 0 Å². The second kappa shape index (κ2) is 4.77. The molecule has 1 aromatic carbocycles. The molecular weight excluding hydrogens is 207 g/mol. The van der Waals surface area contributed by atoms with Gasteiger partial charge in [0.2, 0.25) is 0 Å². The van der Waals surface area contributed by atoms with Crippen LogP contribution in [0.2, 0.25) is 5.02 Å². The van der Waals surface area contributed by atoms with Gasteiger partial charge >= 0.3 is 5.97 Å². The largest absolute Gasteiger partial charge is 0.466 e. The normalized spacial score (nSPS) is 10.5. The number of carbonyl (C=O) groups is 1. The van der Waals surface area contributed by atoms with Gasteiger partial charge in [0.1, 0.15) is 5.82 Å². The first-order chi connectivity index (χ1) is 6.65. The first-order valence-electron chi connectivity index (χ1n) is 3.85. The highest BCUT2D eigenvalue weighted by molar-refractivity contribution is 6.32. The molecule has 1 rings (SSSR count). The third-order valence-electron chi connectivity index (χ3n) is 1.59. The first-order valence-corrected chi connectivity index (χ1v) is 4.23. The summed E-state index contributed by atoms with van der Waals surface area (Å²) in [6.45, 7) is 0. The Morgan fingerprint density at radius 2 is 2.29 bits per heavy atom. The minimum absolute atomic E-state index is 0.180. The van der Waals surface area contributed by atoms with Gasteiger partial charge in [-0.1, -0.05) is 17.7 Å². The third-order valence-corrected chi connectivity index (χ3v) is 1.92. The average molecular weight is 215 g/mol.